The number of hydrogen-bond acceptors (Lipinski definition) is 4. The first kappa shape index (κ1) is 15.4. The Morgan fingerprint density at radius 3 is 2.43 bits per heavy atom. The van der Waals surface area contributed by atoms with E-state index in [4.69, 9.17) is 22.7 Å². The van der Waals surface area contributed by atoms with Crippen LogP contribution in [0.15, 0.2) is 18.2 Å². The van der Waals surface area contributed by atoms with Crippen LogP contribution < -0.4 is 10.5 Å². The highest BCUT2D eigenvalue weighted by Crippen LogP contribution is 2.24. The van der Waals surface area contributed by atoms with Crippen LogP contribution in [0, 0.1) is 0 Å². The molecule has 0 aromatic heterocycles. The van der Waals surface area contributed by atoms with Gasteiger partial charge in [0.15, 0.2) is 0 Å². The van der Waals surface area contributed by atoms with Crippen molar-refractivity contribution in [2.45, 2.75) is 32.2 Å². The molecular weight excluding hydrogens is 288 g/mol. The van der Waals surface area contributed by atoms with Gasteiger partial charge in [-0.15, -0.1) is 0 Å². The van der Waals surface area contributed by atoms with E-state index in [1.54, 1.807) is 25.3 Å². The van der Waals surface area contributed by atoms with Crippen molar-refractivity contribution >= 4 is 29.0 Å². The Morgan fingerprint density at radius 2 is 1.90 bits per heavy atom. The average Bonchev–Trinajstić information content (AvgIpc) is 2.62. The minimum atomic E-state index is -0.139. The van der Waals surface area contributed by atoms with Gasteiger partial charge in [0.1, 0.15) is 10.7 Å². The van der Waals surface area contributed by atoms with Gasteiger partial charge in [0, 0.05) is 24.0 Å². The Hall–Kier alpha value is -1.95. The number of carbonyl (C=O) groups is 2. The van der Waals surface area contributed by atoms with Crippen molar-refractivity contribution in [2.24, 2.45) is 5.73 Å². The molecule has 1 aliphatic heterocycles. The molecular formula is C15H18N2O3S. The van der Waals surface area contributed by atoms with Gasteiger partial charge >= 0.3 is 0 Å². The molecule has 2 amide bonds. The monoisotopic (exact) mass is 306 g/mol. The van der Waals surface area contributed by atoms with Gasteiger partial charge in [-0.25, -0.2) is 0 Å². The van der Waals surface area contributed by atoms with E-state index in [2.05, 4.69) is 0 Å². The maximum atomic E-state index is 12.1. The van der Waals surface area contributed by atoms with Crippen molar-refractivity contribution in [3.63, 3.8) is 0 Å². The lowest BCUT2D eigenvalue weighted by atomic mass is 10.1. The van der Waals surface area contributed by atoms with Crippen LogP contribution in [0.3, 0.4) is 0 Å². The van der Waals surface area contributed by atoms with Crippen LogP contribution >= 0.6 is 12.2 Å². The summed E-state index contributed by atoms with van der Waals surface area (Å²) in [6.07, 6.45) is 2.32. The second-order valence-corrected chi connectivity index (χ2v) is 5.41. The molecule has 5 nitrogen and oxygen atoms in total. The van der Waals surface area contributed by atoms with Gasteiger partial charge in [-0.1, -0.05) is 12.2 Å². The summed E-state index contributed by atoms with van der Waals surface area (Å²) < 4.78 is 5.29. The molecule has 6 heteroatoms. The first-order chi connectivity index (χ1) is 10.0. The fourth-order valence-electron chi connectivity index (χ4n) is 2.36. The summed E-state index contributed by atoms with van der Waals surface area (Å²) in [6.45, 7) is 0.192. The summed E-state index contributed by atoms with van der Waals surface area (Å²) in [5, 5.41) is 0. The predicted octanol–water partition coefficient (Wildman–Crippen LogP) is 1.76. The van der Waals surface area contributed by atoms with Crippen molar-refractivity contribution in [2.75, 3.05) is 7.11 Å². The van der Waals surface area contributed by atoms with Crippen LogP contribution in [0.2, 0.25) is 0 Å². The third-order valence-electron chi connectivity index (χ3n) is 3.53. The van der Waals surface area contributed by atoms with Crippen LogP contribution in [0.1, 0.15) is 36.8 Å². The van der Waals surface area contributed by atoms with Gasteiger partial charge in [-0.2, -0.15) is 0 Å². The zero-order valence-electron chi connectivity index (χ0n) is 11.9. The zero-order chi connectivity index (χ0) is 15.4. The second kappa shape index (κ2) is 6.67. The highest BCUT2D eigenvalue weighted by molar-refractivity contribution is 7.80. The quantitative estimate of drug-likeness (QED) is 0.678. The van der Waals surface area contributed by atoms with Crippen molar-refractivity contribution in [1.29, 1.82) is 0 Å². The molecule has 0 unspecified atom stereocenters. The Morgan fingerprint density at radius 1 is 1.29 bits per heavy atom. The summed E-state index contributed by atoms with van der Waals surface area (Å²) in [6, 6.07) is 5.28. The largest absolute Gasteiger partial charge is 0.496 e. The fraction of sp³-hybridized carbons (Fsp3) is 0.400. The van der Waals surface area contributed by atoms with Crippen molar-refractivity contribution < 1.29 is 14.3 Å². The summed E-state index contributed by atoms with van der Waals surface area (Å²) >= 11 is 4.96. The van der Waals surface area contributed by atoms with Gasteiger partial charge in [0.2, 0.25) is 11.8 Å². The van der Waals surface area contributed by atoms with Crippen LogP contribution in [0.25, 0.3) is 0 Å². The summed E-state index contributed by atoms with van der Waals surface area (Å²) in [7, 11) is 1.55. The van der Waals surface area contributed by atoms with Crippen LogP contribution in [-0.2, 0) is 16.1 Å². The highest BCUT2D eigenvalue weighted by atomic mass is 32.1. The normalized spacial score (nSPS) is 15.8. The molecule has 1 heterocycles. The number of nitrogens with zero attached hydrogens (tertiary/aromatic N) is 1. The third-order valence-corrected chi connectivity index (χ3v) is 3.76. The number of ether oxygens (including phenoxy) is 1. The molecule has 21 heavy (non-hydrogen) atoms. The SMILES string of the molecule is COc1ccc(C(N)=S)cc1CN1C(=O)CCCCC1=O. The maximum Gasteiger partial charge on any atom is 0.229 e. The first-order valence-corrected chi connectivity index (χ1v) is 7.23. The maximum absolute atomic E-state index is 12.1. The van der Waals surface area contributed by atoms with E-state index in [9.17, 15) is 9.59 Å². The number of hydrogen-bond donors (Lipinski definition) is 1. The number of nitrogens with two attached hydrogens (primary N) is 1. The van der Waals surface area contributed by atoms with E-state index in [0.29, 0.717) is 24.2 Å². The van der Waals surface area contributed by atoms with Gasteiger partial charge in [0.05, 0.1) is 13.7 Å². The molecule has 112 valence electrons. The van der Waals surface area contributed by atoms with E-state index in [0.717, 1.165) is 18.4 Å². The molecule has 2 N–H and O–H groups in total. The number of imide groups is 1. The minimum absolute atomic E-state index is 0.139. The standard InChI is InChI=1S/C15H18N2O3S/c1-20-12-7-6-10(15(16)21)8-11(12)9-17-13(18)4-2-3-5-14(17)19/h6-8H,2-5,9H2,1H3,(H2,16,21). The van der Waals surface area contributed by atoms with Crippen LogP contribution in [0.5, 0.6) is 5.75 Å². The second-order valence-electron chi connectivity index (χ2n) is 4.97. The van der Waals surface area contributed by atoms with Crippen molar-refractivity contribution in [3.8, 4) is 5.75 Å². The molecule has 0 saturated carbocycles. The molecule has 1 aliphatic rings. The molecule has 1 fully saturated rings. The highest BCUT2D eigenvalue weighted by Gasteiger charge is 2.25. The molecule has 0 atom stereocenters. The summed E-state index contributed by atoms with van der Waals surface area (Å²) in [5.74, 6) is 0.334. The Balaban J connectivity index is 2.31. The number of rotatable bonds is 4. The fourth-order valence-corrected chi connectivity index (χ4v) is 2.49. The van der Waals surface area contributed by atoms with Crippen LogP contribution in [-0.4, -0.2) is 28.8 Å². The Kier molecular flexibility index (Phi) is 4.90. The van der Waals surface area contributed by atoms with Crippen molar-refractivity contribution in [3.05, 3.63) is 29.3 Å². The molecule has 0 aliphatic carbocycles. The Labute approximate surface area is 129 Å². The van der Waals surface area contributed by atoms with Gasteiger partial charge in [-0.05, 0) is 31.0 Å². The lowest BCUT2D eigenvalue weighted by molar-refractivity contribution is -0.144. The summed E-state index contributed by atoms with van der Waals surface area (Å²) in [4.78, 5) is 25.7. The number of carbonyl (C=O) groups excluding carboxylic acids is 2. The molecule has 0 radical (unpaired) electrons. The number of amides is 2. The van der Waals surface area contributed by atoms with E-state index < -0.39 is 0 Å². The topological polar surface area (TPSA) is 72.6 Å². The average molecular weight is 306 g/mol. The molecule has 2 rings (SSSR count). The van der Waals surface area contributed by atoms with E-state index in [-0.39, 0.29) is 23.3 Å². The molecule has 1 saturated heterocycles. The molecule has 0 bridgehead atoms. The number of benzene rings is 1. The Bertz CT molecular complexity index is 568. The van der Waals surface area contributed by atoms with E-state index in [1.807, 2.05) is 0 Å². The van der Waals surface area contributed by atoms with Gasteiger partial charge in [-0.3, -0.25) is 14.5 Å². The number of methoxy groups -OCH3 is 1. The summed E-state index contributed by atoms with van der Waals surface area (Å²) in [5.41, 5.74) is 7.05. The van der Waals surface area contributed by atoms with Crippen molar-refractivity contribution in [1.82, 2.24) is 4.90 Å². The molecule has 1 aromatic carbocycles. The van der Waals surface area contributed by atoms with Gasteiger partial charge < -0.3 is 10.5 Å². The minimum Gasteiger partial charge on any atom is -0.496 e. The van der Waals surface area contributed by atoms with E-state index in [1.165, 1.54) is 4.90 Å². The molecule has 0 spiro atoms. The first-order valence-electron chi connectivity index (χ1n) is 6.83. The molecule has 1 aromatic rings. The van der Waals surface area contributed by atoms with Crippen LogP contribution in [0.4, 0.5) is 0 Å². The smallest absolute Gasteiger partial charge is 0.229 e. The van der Waals surface area contributed by atoms with Gasteiger partial charge in [0.25, 0.3) is 0 Å². The predicted molar refractivity (Wildman–Crippen MR) is 82.9 cm³/mol. The zero-order valence-corrected chi connectivity index (χ0v) is 12.7. The van der Waals surface area contributed by atoms with E-state index >= 15 is 0 Å². The number of thiocarbonyl (C=S) groups is 1. The lowest BCUT2D eigenvalue weighted by Crippen LogP contribution is -2.34. The lowest BCUT2D eigenvalue weighted by Gasteiger charge is -2.20. The third kappa shape index (κ3) is 3.58. The number of likely N-dealkylation sites (tertiary alicyclic amines) is 1.